The number of aromatic hydroxyl groups is 1. The van der Waals surface area contributed by atoms with E-state index in [2.05, 4.69) is 4.98 Å². The highest BCUT2D eigenvalue weighted by molar-refractivity contribution is 6.17. The number of hydrogen-bond acceptors (Lipinski definition) is 6. The van der Waals surface area contributed by atoms with E-state index in [0.29, 0.717) is 11.3 Å². The van der Waals surface area contributed by atoms with Gasteiger partial charge in [0.1, 0.15) is 22.7 Å². The normalized spacial score (nSPS) is 13.8. The highest BCUT2D eigenvalue weighted by atomic mass is 16.5. The van der Waals surface area contributed by atoms with E-state index in [9.17, 15) is 14.7 Å². The predicted molar refractivity (Wildman–Crippen MR) is 131 cm³/mol. The number of carbonyl (C=O) groups is 2. The van der Waals surface area contributed by atoms with Crippen molar-refractivity contribution in [3.05, 3.63) is 83.4 Å². The van der Waals surface area contributed by atoms with Crippen LogP contribution >= 0.6 is 0 Å². The van der Waals surface area contributed by atoms with Gasteiger partial charge in [-0.3, -0.25) is 9.59 Å². The molecule has 0 bridgehead atoms. The monoisotopic (exact) mass is 469 g/mol. The Balaban J connectivity index is 1.56. The predicted octanol–water partition coefficient (Wildman–Crippen LogP) is 3.63. The largest absolute Gasteiger partial charge is 0.507 e. The standard InChI is InChI=1S/C27H23N3O5/c1-29(12-13-31)27(34)17-8-6-16(7-9-17)19-10-11-28-26-23(19)18(15-30(26)2)14-22-25(33)24-20(32)4-3-5-21(24)35-22/h3-11,14-15,31-32H,12-13H2,1-2H3/b22-14-. The molecule has 0 aliphatic carbocycles. The van der Waals surface area contributed by atoms with E-state index in [1.165, 1.54) is 11.0 Å². The SMILES string of the molecule is CN(CCO)C(=O)c1ccc(-c2ccnc3c2c(/C=C2\Oc4cccc(O)c4C2=O)cn3C)cc1. The van der Waals surface area contributed by atoms with Crippen molar-refractivity contribution < 1.29 is 24.5 Å². The number of ketones is 1. The van der Waals surface area contributed by atoms with Crippen LogP contribution in [0, 0.1) is 0 Å². The van der Waals surface area contributed by atoms with Gasteiger partial charge in [-0.2, -0.15) is 0 Å². The Labute approximate surface area is 201 Å². The van der Waals surface area contributed by atoms with E-state index in [-0.39, 0.29) is 41.9 Å². The van der Waals surface area contributed by atoms with Crippen molar-refractivity contribution >= 4 is 28.8 Å². The first kappa shape index (κ1) is 22.4. The maximum Gasteiger partial charge on any atom is 0.253 e. The average molecular weight is 469 g/mol. The van der Waals surface area contributed by atoms with Crippen LogP contribution < -0.4 is 4.74 Å². The number of phenols is 1. The lowest BCUT2D eigenvalue weighted by molar-refractivity contribution is 0.0767. The molecule has 1 amide bonds. The maximum absolute atomic E-state index is 12.9. The number of aliphatic hydroxyl groups excluding tert-OH is 1. The minimum atomic E-state index is -0.379. The lowest BCUT2D eigenvalue weighted by atomic mass is 9.99. The van der Waals surface area contributed by atoms with Crippen LogP contribution in [0.1, 0.15) is 26.3 Å². The first-order chi connectivity index (χ1) is 16.9. The second-order valence-electron chi connectivity index (χ2n) is 8.37. The fraction of sp³-hybridized carbons (Fsp3) is 0.148. The van der Waals surface area contributed by atoms with Crippen LogP contribution in [0.25, 0.3) is 28.2 Å². The molecular weight excluding hydrogens is 446 g/mol. The van der Waals surface area contributed by atoms with Crippen molar-refractivity contribution in [2.24, 2.45) is 7.05 Å². The van der Waals surface area contributed by atoms with Crippen molar-refractivity contribution in [2.75, 3.05) is 20.2 Å². The Bertz CT molecular complexity index is 1500. The van der Waals surface area contributed by atoms with E-state index in [0.717, 1.165) is 27.7 Å². The zero-order valence-electron chi connectivity index (χ0n) is 19.2. The number of rotatable bonds is 5. The fourth-order valence-electron chi connectivity index (χ4n) is 4.31. The molecule has 5 rings (SSSR count). The van der Waals surface area contributed by atoms with Crippen LogP contribution in [-0.2, 0) is 7.05 Å². The molecule has 0 saturated carbocycles. The number of benzene rings is 2. The molecule has 0 unspecified atom stereocenters. The third-order valence-corrected chi connectivity index (χ3v) is 6.07. The summed E-state index contributed by atoms with van der Waals surface area (Å²) in [4.78, 5) is 31.4. The second-order valence-corrected chi connectivity index (χ2v) is 8.37. The molecular formula is C27H23N3O5. The van der Waals surface area contributed by atoms with Gasteiger partial charge in [0.05, 0.1) is 6.61 Å². The summed E-state index contributed by atoms with van der Waals surface area (Å²) in [5.41, 5.74) is 3.91. The average Bonchev–Trinajstić information content (AvgIpc) is 3.36. The van der Waals surface area contributed by atoms with Gasteiger partial charge in [0.2, 0.25) is 5.78 Å². The number of carbonyl (C=O) groups excluding carboxylic acids is 2. The molecule has 1 aliphatic heterocycles. The second kappa shape index (κ2) is 8.73. The summed E-state index contributed by atoms with van der Waals surface area (Å²) in [6.07, 6.45) is 5.25. The van der Waals surface area contributed by atoms with Crippen LogP contribution in [0.2, 0.25) is 0 Å². The molecule has 8 nitrogen and oxygen atoms in total. The molecule has 176 valence electrons. The van der Waals surface area contributed by atoms with Gasteiger partial charge in [-0.15, -0.1) is 0 Å². The molecule has 4 aromatic rings. The third kappa shape index (κ3) is 3.83. The molecule has 2 aromatic carbocycles. The number of Topliss-reactive ketones (excluding diaryl/α,β-unsaturated/α-hetero) is 1. The van der Waals surface area contributed by atoms with Crippen LogP contribution in [0.15, 0.2) is 66.7 Å². The summed E-state index contributed by atoms with van der Waals surface area (Å²) >= 11 is 0. The Morgan fingerprint density at radius 2 is 1.94 bits per heavy atom. The fourth-order valence-corrected chi connectivity index (χ4v) is 4.31. The van der Waals surface area contributed by atoms with Crippen molar-refractivity contribution in [1.29, 1.82) is 0 Å². The van der Waals surface area contributed by atoms with E-state index in [1.807, 2.05) is 36.0 Å². The number of ether oxygens (including phenoxy) is 1. The third-order valence-electron chi connectivity index (χ3n) is 6.07. The van der Waals surface area contributed by atoms with Gasteiger partial charge in [0, 0.05) is 49.5 Å². The van der Waals surface area contributed by atoms with Crippen molar-refractivity contribution in [3.8, 4) is 22.6 Å². The molecule has 0 saturated heterocycles. The maximum atomic E-state index is 12.9. The Morgan fingerprint density at radius 1 is 1.17 bits per heavy atom. The molecule has 0 fully saturated rings. The number of hydrogen-bond donors (Lipinski definition) is 2. The molecule has 2 N–H and O–H groups in total. The molecule has 0 radical (unpaired) electrons. The summed E-state index contributed by atoms with van der Waals surface area (Å²) in [5.74, 6) is -0.218. The van der Waals surface area contributed by atoms with Crippen LogP contribution in [0.3, 0.4) is 0 Å². The van der Waals surface area contributed by atoms with Crippen LogP contribution in [-0.4, -0.2) is 56.6 Å². The van der Waals surface area contributed by atoms with Gasteiger partial charge in [-0.25, -0.2) is 4.98 Å². The van der Waals surface area contributed by atoms with E-state index < -0.39 is 0 Å². The van der Waals surface area contributed by atoms with Gasteiger partial charge in [-0.05, 0) is 47.5 Å². The van der Waals surface area contributed by atoms with Crippen LogP contribution in [0.4, 0.5) is 0 Å². The summed E-state index contributed by atoms with van der Waals surface area (Å²) in [7, 11) is 3.52. The van der Waals surface area contributed by atoms with Crippen LogP contribution in [0.5, 0.6) is 11.5 Å². The molecule has 0 spiro atoms. The lowest BCUT2D eigenvalue weighted by Gasteiger charge is -2.15. The number of nitrogens with zero attached hydrogens (tertiary/aromatic N) is 3. The Morgan fingerprint density at radius 3 is 2.66 bits per heavy atom. The van der Waals surface area contributed by atoms with Crippen molar-refractivity contribution in [1.82, 2.24) is 14.5 Å². The van der Waals surface area contributed by atoms with Crippen molar-refractivity contribution in [2.45, 2.75) is 0 Å². The number of aryl methyl sites for hydroxylation is 1. The number of likely N-dealkylation sites (N-methyl/N-ethyl adjacent to an activating group) is 1. The quantitative estimate of drug-likeness (QED) is 0.433. The van der Waals surface area contributed by atoms with Crippen molar-refractivity contribution in [3.63, 3.8) is 0 Å². The molecule has 35 heavy (non-hydrogen) atoms. The number of fused-ring (bicyclic) bond motifs is 2. The molecule has 0 atom stereocenters. The first-order valence-electron chi connectivity index (χ1n) is 11.1. The number of amides is 1. The highest BCUT2D eigenvalue weighted by Gasteiger charge is 2.30. The smallest absolute Gasteiger partial charge is 0.253 e. The topological polar surface area (TPSA) is 105 Å². The van der Waals surface area contributed by atoms with Gasteiger partial charge >= 0.3 is 0 Å². The number of pyridine rings is 1. The molecule has 1 aliphatic rings. The number of phenolic OH excluding ortho intramolecular Hbond substituents is 1. The summed E-state index contributed by atoms with van der Waals surface area (Å²) in [6, 6.07) is 13.8. The Kier molecular flexibility index (Phi) is 5.58. The highest BCUT2D eigenvalue weighted by Crippen LogP contribution is 2.39. The van der Waals surface area contributed by atoms with Gasteiger partial charge < -0.3 is 24.4 Å². The van der Waals surface area contributed by atoms with E-state index in [1.54, 1.807) is 43.6 Å². The van der Waals surface area contributed by atoms with E-state index >= 15 is 0 Å². The lowest BCUT2D eigenvalue weighted by Crippen LogP contribution is -2.29. The summed E-state index contributed by atoms with van der Waals surface area (Å²) in [6.45, 7) is 0.161. The zero-order valence-corrected chi connectivity index (χ0v) is 19.2. The van der Waals surface area contributed by atoms with Gasteiger partial charge in [0.15, 0.2) is 5.76 Å². The Hall–Kier alpha value is -4.43. The molecule has 8 heteroatoms. The summed E-state index contributed by atoms with van der Waals surface area (Å²) in [5, 5.41) is 20.0. The minimum absolute atomic E-state index is 0.0987. The molecule has 3 heterocycles. The first-order valence-corrected chi connectivity index (χ1v) is 11.1. The van der Waals surface area contributed by atoms with Gasteiger partial charge in [0.25, 0.3) is 5.91 Å². The summed E-state index contributed by atoms with van der Waals surface area (Å²) < 4.78 is 7.63. The number of allylic oxidation sites excluding steroid dienone is 1. The van der Waals surface area contributed by atoms with E-state index in [4.69, 9.17) is 9.84 Å². The molecule has 2 aromatic heterocycles. The minimum Gasteiger partial charge on any atom is -0.507 e. The zero-order chi connectivity index (χ0) is 24.7. The number of aliphatic hydroxyl groups is 1. The number of aromatic nitrogens is 2. The van der Waals surface area contributed by atoms with Gasteiger partial charge in [-0.1, -0.05) is 18.2 Å².